The number of rotatable bonds is 4. The highest BCUT2D eigenvalue weighted by Gasteiger charge is 2.09. The number of ether oxygens (including phenoxy) is 1. The number of halogens is 3. The molecule has 100 valence electrons. The van der Waals surface area contributed by atoms with Gasteiger partial charge in [0.25, 0.3) is 0 Å². The topological polar surface area (TPSA) is 21.3 Å². The molecule has 5 heteroatoms. The van der Waals surface area contributed by atoms with Crippen LogP contribution in [-0.2, 0) is 6.54 Å². The maximum absolute atomic E-state index is 13.5. The van der Waals surface area contributed by atoms with E-state index < -0.39 is 11.6 Å². The lowest BCUT2D eigenvalue weighted by molar-refractivity contribution is 0.434. The van der Waals surface area contributed by atoms with Gasteiger partial charge in [-0.3, -0.25) is 0 Å². The minimum atomic E-state index is -0.604. The van der Waals surface area contributed by atoms with Crippen molar-refractivity contribution < 1.29 is 13.5 Å². The molecule has 0 spiro atoms. The van der Waals surface area contributed by atoms with Crippen LogP contribution < -0.4 is 10.1 Å². The fourth-order valence-corrected chi connectivity index (χ4v) is 2.12. The van der Waals surface area contributed by atoms with Crippen LogP contribution in [0.5, 0.6) is 11.5 Å². The summed E-state index contributed by atoms with van der Waals surface area (Å²) in [7, 11) is 1.85. The molecule has 2 nitrogen and oxygen atoms in total. The van der Waals surface area contributed by atoms with Gasteiger partial charge in [0, 0.05) is 12.6 Å². The van der Waals surface area contributed by atoms with Crippen LogP contribution in [0.25, 0.3) is 0 Å². The van der Waals surface area contributed by atoms with Crippen LogP contribution in [0.15, 0.2) is 40.9 Å². The summed E-state index contributed by atoms with van der Waals surface area (Å²) < 4.78 is 32.6. The maximum Gasteiger partial charge on any atom is 0.166 e. The van der Waals surface area contributed by atoms with Crippen LogP contribution in [0.4, 0.5) is 8.78 Å². The quantitative estimate of drug-likeness (QED) is 0.906. The third-order valence-corrected chi connectivity index (χ3v) is 3.11. The van der Waals surface area contributed by atoms with E-state index in [1.54, 1.807) is 6.07 Å². The van der Waals surface area contributed by atoms with E-state index in [-0.39, 0.29) is 5.75 Å². The molecule has 0 saturated carbocycles. The normalized spacial score (nSPS) is 10.5. The third-order valence-electron chi connectivity index (χ3n) is 2.49. The second-order valence-corrected chi connectivity index (χ2v) is 4.83. The summed E-state index contributed by atoms with van der Waals surface area (Å²) in [4.78, 5) is 0. The Morgan fingerprint density at radius 1 is 1.11 bits per heavy atom. The first-order chi connectivity index (χ1) is 9.10. The van der Waals surface area contributed by atoms with Crippen molar-refractivity contribution in [1.29, 1.82) is 0 Å². The molecular formula is C14H12BrF2NO. The van der Waals surface area contributed by atoms with Crippen LogP contribution in [0, 0.1) is 11.6 Å². The summed E-state index contributed by atoms with van der Waals surface area (Å²) >= 11 is 3.35. The summed E-state index contributed by atoms with van der Waals surface area (Å²) in [6, 6.07) is 8.53. The molecule has 0 aliphatic carbocycles. The molecule has 0 atom stereocenters. The average molecular weight is 328 g/mol. The second-order valence-electron chi connectivity index (χ2n) is 3.97. The zero-order valence-electron chi connectivity index (χ0n) is 10.2. The lowest BCUT2D eigenvalue weighted by Gasteiger charge is -2.10. The van der Waals surface area contributed by atoms with Crippen LogP contribution in [-0.4, -0.2) is 7.05 Å². The molecule has 0 unspecified atom stereocenters. The van der Waals surface area contributed by atoms with Crippen molar-refractivity contribution >= 4 is 15.9 Å². The zero-order chi connectivity index (χ0) is 13.8. The smallest absolute Gasteiger partial charge is 0.166 e. The van der Waals surface area contributed by atoms with E-state index in [2.05, 4.69) is 21.2 Å². The Labute approximate surface area is 118 Å². The van der Waals surface area contributed by atoms with Gasteiger partial charge in [-0.05, 0) is 52.8 Å². The molecule has 19 heavy (non-hydrogen) atoms. The van der Waals surface area contributed by atoms with Gasteiger partial charge in [0.15, 0.2) is 11.6 Å². The predicted octanol–water partition coefficient (Wildman–Crippen LogP) is 4.24. The molecule has 1 N–H and O–H groups in total. The Kier molecular flexibility index (Phi) is 4.50. The summed E-state index contributed by atoms with van der Waals surface area (Å²) in [6.45, 7) is 0.715. The summed E-state index contributed by atoms with van der Waals surface area (Å²) in [5, 5.41) is 3.03. The molecule has 0 fully saturated rings. The first kappa shape index (κ1) is 14.0. The first-order valence-corrected chi connectivity index (χ1v) is 6.45. The average Bonchev–Trinajstić information content (AvgIpc) is 2.37. The Morgan fingerprint density at radius 2 is 1.89 bits per heavy atom. The molecule has 0 saturated heterocycles. The number of nitrogens with one attached hydrogen (secondary N) is 1. The number of hydrogen-bond donors (Lipinski definition) is 1. The second kappa shape index (κ2) is 6.12. The van der Waals surface area contributed by atoms with Crippen molar-refractivity contribution in [3.05, 3.63) is 58.1 Å². The van der Waals surface area contributed by atoms with Gasteiger partial charge in [-0.1, -0.05) is 6.07 Å². The summed E-state index contributed by atoms with van der Waals surface area (Å²) in [5.41, 5.74) is 1.06. The predicted molar refractivity (Wildman–Crippen MR) is 73.3 cm³/mol. The highest BCUT2D eigenvalue weighted by Crippen LogP contribution is 2.32. The monoisotopic (exact) mass is 327 g/mol. The van der Waals surface area contributed by atoms with Crippen molar-refractivity contribution in [1.82, 2.24) is 5.32 Å². The lowest BCUT2D eigenvalue weighted by atomic mass is 10.2. The van der Waals surface area contributed by atoms with Crippen LogP contribution in [0.3, 0.4) is 0 Å². The summed E-state index contributed by atoms with van der Waals surface area (Å²) in [5.74, 6) is -0.849. The Bertz CT molecular complexity index is 590. The van der Waals surface area contributed by atoms with Crippen LogP contribution >= 0.6 is 15.9 Å². The molecule has 0 bridgehead atoms. The summed E-state index contributed by atoms with van der Waals surface area (Å²) in [6.07, 6.45) is 0. The van der Waals surface area contributed by atoms with E-state index in [9.17, 15) is 8.78 Å². The van der Waals surface area contributed by atoms with Crippen molar-refractivity contribution in [2.45, 2.75) is 6.54 Å². The molecule has 0 aliphatic heterocycles. The molecule has 2 aromatic carbocycles. The minimum Gasteiger partial charge on any atom is -0.453 e. The van der Waals surface area contributed by atoms with Gasteiger partial charge in [0.05, 0.1) is 4.47 Å². The standard InChI is InChI=1S/C14H12BrF2NO/c1-18-8-9-2-5-13(11(15)6-9)19-14-7-10(16)3-4-12(14)17/h2-7,18H,8H2,1H3. The van der Waals surface area contributed by atoms with E-state index in [0.29, 0.717) is 16.8 Å². The highest BCUT2D eigenvalue weighted by molar-refractivity contribution is 9.10. The van der Waals surface area contributed by atoms with Crippen molar-refractivity contribution in [3.8, 4) is 11.5 Å². The highest BCUT2D eigenvalue weighted by atomic mass is 79.9. The van der Waals surface area contributed by atoms with Crippen LogP contribution in [0.1, 0.15) is 5.56 Å². The van der Waals surface area contributed by atoms with Crippen LogP contribution in [0.2, 0.25) is 0 Å². The van der Waals surface area contributed by atoms with Gasteiger partial charge in [-0.2, -0.15) is 0 Å². The molecule has 0 aliphatic rings. The van der Waals surface area contributed by atoms with Gasteiger partial charge in [-0.25, -0.2) is 8.78 Å². The molecule has 2 rings (SSSR count). The Balaban J connectivity index is 2.25. The molecule has 0 heterocycles. The number of hydrogen-bond acceptors (Lipinski definition) is 2. The maximum atomic E-state index is 13.5. The molecule has 0 aromatic heterocycles. The lowest BCUT2D eigenvalue weighted by Crippen LogP contribution is -2.04. The Morgan fingerprint density at radius 3 is 2.58 bits per heavy atom. The fraction of sp³-hybridized carbons (Fsp3) is 0.143. The van der Waals surface area contributed by atoms with Gasteiger partial charge in [-0.15, -0.1) is 0 Å². The largest absolute Gasteiger partial charge is 0.453 e. The van der Waals surface area contributed by atoms with Gasteiger partial charge in [0.2, 0.25) is 0 Å². The fourth-order valence-electron chi connectivity index (χ4n) is 1.62. The number of benzene rings is 2. The Hall–Kier alpha value is -1.46. The first-order valence-electron chi connectivity index (χ1n) is 5.66. The van der Waals surface area contributed by atoms with E-state index in [0.717, 1.165) is 23.8 Å². The molecule has 2 aromatic rings. The van der Waals surface area contributed by atoms with Crippen molar-refractivity contribution in [2.75, 3.05) is 7.05 Å². The van der Waals surface area contributed by atoms with E-state index >= 15 is 0 Å². The van der Waals surface area contributed by atoms with E-state index in [1.165, 1.54) is 0 Å². The van der Waals surface area contributed by atoms with E-state index in [1.807, 2.05) is 19.2 Å². The van der Waals surface area contributed by atoms with Gasteiger partial charge in [0.1, 0.15) is 11.6 Å². The molecule has 0 amide bonds. The van der Waals surface area contributed by atoms with Crippen molar-refractivity contribution in [3.63, 3.8) is 0 Å². The molecule has 0 radical (unpaired) electrons. The van der Waals surface area contributed by atoms with Crippen molar-refractivity contribution in [2.24, 2.45) is 0 Å². The molecular weight excluding hydrogens is 316 g/mol. The van der Waals surface area contributed by atoms with E-state index in [4.69, 9.17) is 4.74 Å². The van der Waals surface area contributed by atoms with Gasteiger partial charge >= 0.3 is 0 Å². The SMILES string of the molecule is CNCc1ccc(Oc2cc(F)ccc2F)c(Br)c1. The third kappa shape index (κ3) is 3.52. The minimum absolute atomic E-state index is 0.137. The van der Waals surface area contributed by atoms with Gasteiger partial charge < -0.3 is 10.1 Å². The zero-order valence-corrected chi connectivity index (χ0v) is 11.8.